The van der Waals surface area contributed by atoms with Crippen LogP contribution in [0.1, 0.15) is 65.1 Å². The quantitative estimate of drug-likeness (QED) is 0.247. The van der Waals surface area contributed by atoms with Gasteiger partial charge in [0.05, 0.1) is 18.4 Å². The molecule has 1 fully saturated rings. The molecule has 0 bridgehead atoms. The third-order valence-corrected chi connectivity index (χ3v) is 7.90. The molecule has 0 saturated carbocycles. The predicted octanol–water partition coefficient (Wildman–Crippen LogP) is 6.37. The van der Waals surface area contributed by atoms with E-state index in [2.05, 4.69) is 43.6 Å². The van der Waals surface area contributed by atoms with Crippen LogP contribution < -0.4 is 5.32 Å². The van der Waals surface area contributed by atoms with Crippen molar-refractivity contribution in [2.45, 2.75) is 64.0 Å². The van der Waals surface area contributed by atoms with Crippen molar-refractivity contribution in [2.24, 2.45) is 0 Å². The number of hydrogen-bond donors (Lipinski definition) is 1. The van der Waals surface area contributed by atoms with Gasteiger partial charge in [-0.15, -0.1) is 0 Å². The molecule has 3 aromatic rings. The summed E-state index contributed by atoms with van der Waals surface area (Å²) in [4.78, 5) is 29.2. The number of hydrogen-bond acceptors (Lipinski definition) is 8. The van der Waals surface area contributed by atoms with Crippen LogP contribution in [0.2, 0.25) is 0 Å². The molecule has 2 atom stereocenters. The first kappa shape index (κ1) is 30.3. The normalized spacial score (nSPS) is 19.2. The summed E-state index contributed by atoms with van der Waals surface area (Å²) in [6.45, 7) is 8.82. The highest BCUT2D eigenvalue weighted by Crippen LogP contribution is 2.38. The summed E-state index contributed by atoms with van der Waals surface area (Å²) < 4.78 is 72.8. The number of carbonyl (C=O) groups excluding carboxylic acids is 1. The summed E-state index contributed by atoms with van der Waals surface area (Å²) >= 11 is 0. The van der Waals surface area contributed by atoms with Crippen molar-refractivity contribution in [1.82, 2.24) is 24.8 Å². The van der Waals surface area contributed by atoms with Crippen molar-refractivity contribution in [2.75, 3.05) is 19.0 Å². The summed E-state index contributed by atoms with van der Waals surface area (Å²) in [5.41, 5.74) is 1.33. The standard InChI is InChI=1S/C30H31F5N6O2/c1-17-9-24(6-8-41(17)18(2)19-5-7-36-25(10-19)27(42)43-4)40-15-20-14-37-28(39-26(20)16-40)38-23-12-21(29(3,31)32)11-22(13-23)30(33,34)35/h5,7,10-14,17,24H,2,6,8-9,15-16H2,1,3-4H3,(H,37,38,39)/t17-,24-/m1/s1. The highest BCUT2D eigenvalue weighted by molar-refractivity contribution is 5.88. The van der Waals surface area contributed by atoms with E-state index in [0.29, 0.717) is 26.1 Å². The third kappa shape index (κ3) is 6.61. The highest BCUT2D eigenvalue weighted by atomic mass is 19.4. The SMILES string of the molecule is C=C(c1ccnc(C(=O)OC)c1)N1CC[C@@H](N2Cc3cnc(Nc4cc(C(C)(F)F)cc(C(F)(F)F)c4)nc3C2)C[C@H]1C. The van der Waals surface area contributed by atoms with Crippen LogP contribution in [-0.4, -0.2) is 56.5 Å². The first-order valence-corrected chi connectivity index (χ1v) is 13.7. The number of pyridine rings is 1. The maximum atomic E-state index is 13.9. The summed E-state index contributed by atoms with van der Waals surface area (Å²) in [7, 11) is 1.31. The van der Waals surface area contributed by atoms with Crippen LogP contribution >= 0.6 is 0 Å². The first-order chi connectivity index (χ1) is 20.2. The van der Waals surface area contributed by atoms with Gasteiger partial charge in [0.2, 0.25) is 5.95 Å². The van der Waals surface area contributed by atoms with Gasteiger partial charge in [0.15, 0.2) is 0 Å². The second-order valence-corrected chi connectivity index (χ2v) is 11.0. The van der Waals surface area contributed by atoms with Crippen LogP contribution in [-0.2, 0) is 29.9 Å². The predicted molar refractivity (Wildman–Crippen MR) is 149 cm³/mol. The molecule has 13 heteroatoms. The van der Waals surface area contributed by atoms with Crippen LogP contribution in [0.5, 0.6) is 0 Å². The number of carbonyl (C=O) groups is 1. The molecule has 2 aliphatic heterocycles. The average Bonchev–Trinajstić information content (AvgIpc) is 3.39. The molecule has 4 heterocycles. The number of fused-ring (bicyclic) bond motifs is 1. The molecule has 1 N–H and O–H groups in total. The summed E-state index contributed by atoms with van der Waals surface area (Å²) in [6.07, 6.45) is 0.0827. The summed E-state index contributed by atoms with van der Waals surface area (Å²) in [5.74, 6) is -3.94. The van der Waals surface area contributed by atoms with Crippen molar-refractivity contribution < 1.29 is 31.5 Å². The van der Waals surface area contributed by atoms with E-state index in [0.717, 1.165) is 54.0 Å². The van der Waals surface area contributed by atoms with Gasteiger partial charge in [-0.25, -0.2) is 28.5 Å². The maximum absolute atomic E-state index is 13.9. The lowest BCUT2D eigenvalue weighted by Crippen LogP contribution is -2.46. The molecule has 0 amide bonds. The Morgan fingerprint density at radius 2 is 1.84 bits per heavy atom. The Labute approximate surface area is 245 Å². The number of likely N-dealkylation sites (tertiary alicyclic amines) is 1. The van der Waals surface area contributed by atoms with Crippen LogP contribution in [0.3, 0.4) is 0 Å². The van der Waals surface area contributed by atoms with E-state index < -0.39 is 29.2 Å². The molecule has 2 aromatic heterocycles. The number of nitrogens with zero attached hydrogens (tertiary/aromatic N) is 5. The zero-order valence-corrected chi connectivity index (χ0v) is 23.9. The molecule has 1 saturated heterocycles. The molecule has 2 aliphatic rings. The molecular formula is C30H31F5N6O2. The number of aromatic nitrogens is 3. The van der Waals surface area contributed by atoms with Gasteiger partial charge in [-0.1, -0.05) is 6.58 Å². The summed E-state index contributed by atoms with van der Waals surface area (Å²) in [6, 6.07) is 6.06. The fourth-order valence-corrected chi connectivity index (χ4v) is 5.61. The lowest BCUT2D eigenvalue weighted by atomic mass is 9.95. The summed E-state index contributed by atoms with van der Waals surface area (Å²) in [5, 5.41) is 2.68. The van der Waals surface area contributed by atoms with Crippen molar-refractivity contribution >= 4 is 23.3 Å². The number of rotatable bonds is 7. The van der Waals surface area contributed by atoms with Gasteiger partial charge in [0.1, 0.15) is 5.69 Å². The van der Waals surface area contributed by atoms with Crippen LogP contribution in [0.25, 0.3) is 5.70 Å². The molecule has 8 nitrogen and oxygen atoms in total. The molecule has 0 unspecified atom stereocenters. The zero-order valence-electron chi connectivity index (χ0n) is 23.9. The molecule has 228 valence electrons. The van der Waals surface area contributed by atoms with E-state index in [4.69, 9.17) is 4.74 Å². The van der Waals surface area contributed by atoms with E-state index in [9.17, 15) is 26.7 Å². The third-order valence-electron chi connectivity index (χ3n) is 7.90. The van der Waals surface area contributed by atoms with Crippen molar-refractivity contribution in [3.8, 4) is 0 Å². The number of halogens is 5. The molecule has 0 aliphatic carbocycles. The van der Waals surface area contributed by atoms with E-state index in [1.165, 1.54) is 7.11 Å². The number of ether oxygens (including phenoxy) is 1. The Balaban J connectivity index is 1.25. The Hall–Kier alpha value is -4.13. The van der Waals surface area contributed by atoms with E-state index in [1.54, 1.807) is 18.5 Å². The van der Waals surface area contributed by atoms with E-state index in [1.807, 2.05) is 6.07 Å². The highest BCUT2D eigenvalue weighted by Gasteiger charge is 2.36. The number of anilines is 2. The molecule has 5 rings (SSSR count). The zero-order chi connectivity index (χ0) is 31.1. The van der Waals surface area contributed by atoms with E-state index in [-0.39, 0.29) is 29.4 Å². The average molecular weight is 603 g/mol. The Morgan fingerprint density at radius 1 is 1.09 bits per heavy atom. The minimum absolute atomic E-state index is 0.0356. The fourth-order valence-electron chi connectivity index (χ4n) is 5.61. The number of methoxy groups -OCH3 is 1. The van der Waals surface area contributed by atoms with Gasteiger partial charge >= 0.3 is 12.1 Å². The number of nitrogens with one attached hydrogen (secondary N) is 1. The minimum Gasteiger partial charge on any atom is -0.464 e. The lowest BCUT2D eigenvalue weighted by molar-refractivity contribution is -0.137. The number of alkyl halides is 5. The number of benzene rings is 1. The Kier molecular flexibility index (Phi) is 8.12. The fraction of sp³-hybridized carbons (Fsp3) is 0.400. The monoisotopic (exact) mass is 602 g/mol. The molecule has 0 spiro atoms. The first-order valence-electron chi connectivity index (χ1n) is 13.7. The molecule has 0 radical (unpaired) electrons. The lowest BCUT2D eigenvalue weighted by Gasteiger charge is -2.43. The number of piperidine rings is 1. The van der Waals surface area contributed by atoms with Crippen molar-refractivity contribution in [3.63, 3.8) is 0 Å². The number of esters is 1. The van der Waals surface area contributed by atoms with Crippen molar-refractivity contribution in [1.29, 1.82) is 0 Å². The molecule has 43 heavy (non-hydrogen) atoms. The van der Waals surface area contributed by atoms with Gasteiger partial charge in [0, 0.05) is 79.1 Å². The van der Waals surface area contributed by atoms with Gasteiger partial charge in [-0.05, 0) is 50.1 Å². The smallest absolute Gasteiger partial charge is 0.416 e. The van der Waals surface area contributed by atoms with Crippen LogP contribution in [0.4, 0.5) is 33.6 Å². The van der Waals surface area contributed by atoms with Gasteiger partial charge in [-0.3, -0.25) is 4.90 Å². The van der Waals surface area contributed by atoms with Gasteiger partial charge in [-0.2, -0.15) is 13.2 Å². The maximum Gasteiger partial charge on any atom is 0.416 e. The van der Waals surface area contributed by atoms with Gasteiger partial charge < -0.3 is 15.0 Å². The van der Waals surface area contributed by atoms with Crippen LogP contribution in [0, 0.1) is 0 Å². The van der Waals surface area contributed by atoms with Crippen molar-refractivity contribution in [3.05, 3.63) is 82.9 Å². The van der Waals surface area contributed by atoms with Crippen LogP contribution in [0.15, 0.2) is 49.3 Å². The second kappa shape index (κ2) is 11.5. The minimum atomic E-state index is -4.79. The Morgan fingerprint density at radius 3 is 2.51 bits per heavy atom. The second-order valence-electron chi connectivity index (χ2n) is 11.0. The largest absolute Gasteiger partial charge is 0.464 e. The Bertz CT molecular complexity index is 1510. The van der Waals surface area contributed by atoms with Gasteiger partial charge in [0.25, 0.3) is 5.92 Å². The molecule has 1 aromatic carbocycles. The molecular weight excluding hydrogens is 571 g/mol. The topological polar surface area (TPSA) is 83.5 Å². The van der Waals surface area contributed by atoms with E-state index >= 15 is 0 Å².